The second kappa shape index (κ2) is 76.1. The molecule has 0 N–H and O–H groups in total. The van der Waals surface area contributed by atoms with Crippen LogP contribution in [0.3, 0.4) is 0 Å². The molecule has 119 heavy (non-hydrogen) atoms. The van der Waals surface area contributed by atoms with Crippen molar-refractivity contribution in [2.45, 2.75) is 165 Å². The summed E-state index contributed by atoms with van der Waals surface area (Å²) in [6.07, 6.45) is 31.7. The topological polar surface area (TPSA) is 136 Å². The lowest BCUT2D eigenvalue weighted by Crippen LogP contribution is -2.33. The van der Waals surface area contributed by atoms with E-state index >= 15 is 0 Å². The van der Waals surface area contributed by atoms with E-state index in [1.165, 1.54) is 72.6 Å². The number of nitrogens with zero attached hydrogens (tertiary/aromatic N) is 14. The van der Waals surface area contributed by atoms with Gasteiger partial charge in [-0.25, -0.2) is 0 Å². The number of benzene rings is 5. The summed E-state index contributed by atoms with van der Waals surface area (Å²) >= 11 is 0. The summed E-state index contributed by atoms with van der Waals surface area (Å²) in [7, 11) is 0.488. The average molecular weight is 1700 g/mol. The van der Waals surface area contributed by atoms with Crippen LogP contribution in [-0.4, -0.2) is 195 Å². The van der Waals surface area contributed by atoms with Gasteiger partial charge in [-0.15, -0.1) is 33.0 Å². The Hall–Kier alpha value is -8.06. The zero-order chi connectivity index (χ0) is 90.1. The quantitative estimate of drug-likeness (QED) is 0.0694. The fourth-order valence-corrected chi connectivity index (χ4v) is 17.5. The van der Waals surface area contributed by atoms with Crippen LogP contribution in [-0.2, 0) is 0 Å². The summed E-state index contributed by atoms with van der Waals surface area (Å²) in [6, 6.07) is 68.6. The first kappa shape index (κ1) is 115. The van der Waals surface area contributed by atoms with Gasteiger partial charge >= 0.3 is 14.0 Å². The second-order valence-corrected chi connectivity index (χ2v) is 37.5. The molecule has 5 aromatic carbocycles. The number of hydrogen-bond acceptors (Lipinski definition) is 9. The molecule has 0 atom stereocenters. The normalized spacial score (nSPS) is 10.3. The van der Waals surface area contributed by atoms with Crippen molar-refractivity contribution in [3.8, 4) is 33.6 Å². The highest BCUT2D eigenvalue weighted by Gasteiger charge is 2.45. The van der Waals surface area contributed by atoms with Gasteiger partial charge in [-0.2, -0.15) is 15.3 Å². The van der Waals surface area contributed by atoms with Crippen LogP contribution in [0.15, 0.2) is 273 Å². The van der Waals surface area contributed by atoms with E-state index in [-0.39, 0.29) is 37.7 Å². The summed E-state index contributed by atoms with van der Waals surface area (Å²) in [5, 5.41) is 29.3. The van der Waals surface area contributed by atoms with Crippen molar-refractivity contribution in [2.24, 2.45) is 10.2 Å². The van der Waals surface area contributed by atoms with Crippen LogP contribution in [0.4, 0.5) is 0 Å². The molecule has 0 saturated heterocycles. The fourth-order valence-electron chi connectivity index (χ4n) is 11.2. The standard InChI is InChI=1S/C24H24P2.C11H9N.C10H8N2.C7H11BN4.C7H9BN4.C7H14BN2P.C7H19BP2.C5H5N.9C2H6/c1-25(2)21-15-13-17-9-5-7-11-19(17)23(21)24-20-12-8-6-10-18(20)14-16-22(24)26(3)4;1-2-4-10(5-3-1)11-6-8-12-9-7-11;1-3-7-11-9(5-1)10-6-2-4-8-12-10;2*1-8(11-6-2-4-9-11)12-7-3-5-10-12;1-8(7-11(2)3)10-6-4-5-9-10;1-8(6-9(2)3)7-10(4)5;1-2-4-6-5-3-1;9*1-2/h5-16H,1-4H3;1-9H;1-8H;4-7H,2-3H2,1H3;2-7H,1H3;4-6H,7H2,1-3H3;6-7H2,1-5H3;1-5H;9*1-2H3/q;;;+2;;;;;;;;;;;;;. The highest BCUT2D eigenvalue weighted by molar-refractivity contribution is 7.65. The van der Waals surface area contributed by atoms with E-state index in [4.69, 9.17) is 0 Å². The predicted octanol–water partition coefficient (Wildman–Crippen LogP) is 26.6. The first-order chi connectivity index (χ1) is 58.0. The van der Waals surface area contributed by atoms with Gasteiger partial charge in [0.05, 0.1) is 43.5 Å². The van der Waals surface area contributed by atoms with E-state index < -0.39 is 0 Å². The van der Waals surface area contributed by atoms with Crippen molar-refractivity contribution in [3.05, 3.63) is 262 Å². The molecule has 0 amide bonds. The van der Waals surface area contributed by atoms with Crippen LogP contribution in [0.2, 0.25) is 27.3 Å². The first-order valence-electron chi connectivity index (χ1n) is 43.2. The van der Waals surface area contributed by atoms with Crippen molar-refractivity contribution in [1.82, 2.24) is 49.0 Å². The molecule has 0 bridgehead atoms. The van der Waals surface area contributed by atoms with Crippen molar-refractivity contribution in [1.29, 1.82) is 0 Å². The molecule has 2 aliphatic heterocycles. The molecule has 0 radical (unpaired) electrons. The van der Waals surface area contributed by atoms with Crippen molar-refractivity contribution in [3.63, 3.8) is 0 Å². The minimum atomic E-state index is -0.193. The van der Waals surface area contributed by atoms with E-state index in [0.717, 1.165) is 30.9 Å². The molecule has 9 heterocycles. The van der Waals surface area contributed by atoms with Crippen LogP contribution < -0.4 is 10.6 Å². The van der Waals surface area contributed by atoms with Gasteiger partial charge < -0.3 is 4.59 Å². The second-order valence-electron chi connectivity index (χ2n) is 25.4. The van der Waals surface area contributed by atoms with Crippen molar-refractivity contribution >= 4 is 124 Å². The van der Waals surface area contributed by atoms with E-state index in [2.05, 4.69) is 230 Å². The van der Waals surface area contributed by atoms with Crippen LogP contribution >= 0.6 is 39.6 Å². The molecule has 23 heteroatoms. The summed E-state index contributed by atoms with van der Waals surface area (Å²) in [4.78, 5) is 16.1. The Bertz CT molecular complexity index is 4020. The number of hydrazone groups is 2. The van der Waals surface area contributed by atoms with Crippen LogP contribution in [0.5, 0.6) is 0 Å². The Morgan fingerprint density at radius 3 is 0.975 bits per heavy atom. The molecule has 2 aliphatic rings. The molecule has 12 aromatic rings. The summed E-state index contributed by atoms with van der Waals surface area (Å²) in [6.45, 7) is 70.2. The van der Waals surface area contributed by atoms with E-state index in [1.807, 2.05) is 307 Å². The third-order valence-electron chi connectivity index (χ3n) is 15.7. The number of hydrogen-bond donors (Lipinski definition) is 0. The molecular weight excluding hydrogens is 1550 g/mol. The van der Waals surface area contributed by atoms with Crippen LogP contribution in [0.1, 0.15) is 137 Å². The molecule has 14 nitrogen and oxygen atoms in total. The van der Waals surface area contributed by atoms with Gasteiger partial charge in [0.25, 0.3) is 6.85 Å². The lowest BCUT2D eigenvalue weighted by molar-refractivity contribution is -0.518. The van der Waals surface area contributed by atoms with E-state index in [0.29, 0.717) is 22.7 Å². The predicted molar refractivity (Wildman–Crippen MR) is 556 cm³/mol. The van der Waals surface area contributed by atoms with Crippen LogP contribution in [0, 0.1) is 0 Å². The minimum Gasteiger partial charge on any atom is -0.318 e. The monoisotopic (exact) mass is 1700 g/mol. The fraction of sp³-hybridized carbons (Fsp3) is 0.385. The largest absolute Gasteiger partial charge is 0.888 e. The lowest BCUT2D eigenvalue weighted by Gasteiger charge is -2.22. The van der Waals surface area contributed by atoms with Gasteiger partial charge in [-0.1, -0.05) is 288 Å². The van der Waals surface area contributed by atoms with Gasteiger partial charge in [0, 0.05) is 74.4 Å². The molecule has 7 aromatic heterocycles. The highest BCUT2D eigenvalue weighted by Crippen LogP contribution is 2.42. The Morgan fingerprint density at radius 1 is 0.328 bits per heavy atom. The van der Waals surface area contributed by atoms with Gasteiger partial charge in [-0.05, 0) is 211 Å². The van der Waals surface area contributed by atoms with E-state index in [1.54, 1.807) is 37.2 Å². The molecule has 0 aliphatic carbocycles. The lowest BCUT2D eigenvalue weighted by atomic mass is 9.57. The number of aromatic nitrogens is 10. The Morgan fingerprint density at radius 2 is 0.664 bits per heavy atom. The SMILES string of the molecule is CB(CP(C)C)CP(C)C.CB(CP(C)C)n1cccn1.CB([N+]1=CCC=N1)[N+]1=CCC=N1.CB(n1cccn1)n1cccn1.CC.CC.CC.CC.CC.CC.CC.CC.CC.CP(C)c1ccc2ccccc2c1-c1c(P(C)C)ccc2ccccc12.c1ccc(-c2ccccn2)nc1.c1ccc(-c2ccncc2)cc1.c1ccncc1. The maximum Gasteiger partial charge on any atom is 0.888 e. The molecule has 0 saturated carbocycles. The molecule has 14 rings (SSSR count). The maximum absolute atomic E-state index is 4.20. The smallest absolute Gasteiger partial charge is 0.318 e. The van der Waals surface area contributed by atoms with Gasteiger partial charge in [0.2, 0.25) is 0 Å². The zero-order valence-corrected chi connectivity index (χ0v) is 83.9. The molecule has 0 fully saturated rings. The zero-order valence-electron chi connectivity index (χ0n) is 79.5. The third kappa shape index (κ3) is 47.1. The third-order valence-corrected chi connectivity index (χ3v) is 22.4. The van der Waals surface area contributed by atoms with Gasteiger partial charge in [-0.3, -0.25) is 29.1 Å². The van der Waals surface area contributed by atoms with Crippen LogP contribution in [0.25, 0.3) is 55.2 Å². The summed E-state index contributed by atoms with van der Waals surface area (Å²) in [5.41, 5.74) is 7.20. The van der Waals surface area contributed by atoms with Gasteiger partial charge in [0.15, 0.2) is 12.4 Å². The van der Waals surface area contributed by atoms with Gasteiger partial charge in [0.1, 0.15) is 6.71 Å². The Balaban J connectivity index is -0.00000129. The molecule has 0 spiro atoms. The number of pyridine rings is 4. The maximum atomic E-state index is 4.20. The molecular formula is C96H153B4N14P5+2. The highest BCUT2D eigenvalue weighted by atomic mass is 31.1. The van der Waals surface area contributed by atoms with E-state index in [9.17, 15) is 0 Å². The number of rotatable bonds is 16. The first-order valence-corrected chi connectivity index (χ1v) is 54.9. The molecule has 0 unspecified atom stereocenters. The average Bonchev–Trinajstić information content (AvgIpc) is 1.65. The van der Waals surface area contributed by atoms with Crippen molar-refractivity contribution in [2.75, 3.05) is 84.8 Å². The summed E-state index contributed by atoms with van der Waals surface area (Å²) < 4.78 is 9.60. The minimum absolute atomic E-state index is 0.148. The van der Waals surface area contributed by atoms with Crippen molar-refractivity contribution < 1.29 is 9.19 Å². The summed E-state index contributed by atoms with van der Waals surface area (Å²) in [5.74, 6) is 0. The Labute approximate surface area is 733 Å². The molecule has 642 valence electrons. The Kier molecular flexibility index (Phi) is 73.6. The number of fused-ring (bicyclic) bond motifs is 2.